The molecule has 0 aliphatic carbocycles. The monoisotopic (exact) mass is 504 g/mol. The van der Waals surface area contributed by atoms with Crippen molar-refractivity contribution in [2.24, 2.45) is 0 Å². The SMILES string of the molecule is COc1ccc(OC)c(NC(=O)CN(c2ccc(F)cc2)S(=O)(=O)c2ccc(OC)c(OC)c2)c1. The molecule has 0 aliphatic heterocycles. The van der Waals surface area contributed by atoms with Crippen LogP contribution in [-0.4, -0.2) is 49.3 Å². The van der Waals surface area contributed by atoms with E-state index in [0.717, 1.165) is 16.4 Å². The highest BCUT2D eigenvalue weighted by molar-refractivity contribution is 7.92. The molecule has 1 N–H and O–H groups in total. The van der Waals surface area contributed by atoms with Crippen molar-refractivity contribution in [1.82, 2.24) is 0 Å². The molecule has 0 bridgehead atoms. The summed E-state index contributed by atoms with van der Waals surface area (Å²) in [6, 6.07) is 13.6. The molecule has 0 atom stereocenters. The van der Waals surface area contributed by atoms with Crippen LogP contribution in [0.3, 0.4) is 0 Å². The topological polar surface area (TPSA) is 103 Å². The summed E-state index contributed by atoms with van der Waals surface area (Å²) in [5.41, 5.74) is 0.383. The fourth-order valence-corrected chi connectivity index (χ4v) is 4.70. The van der Waals surface area contributed by atoms with Gasteiger partial charge in [-0.05, 0) is 48.5 Å². The van der Waals surface area contributed by atoms with Crippen molar-refractivity contribution in [2.75, 3.05) is 44.6 Å². The number of nitrogens with zero attached hydrogens (tertiary/aromatic N) is 1. The predicted molar refractivity (Wildman–Crippen MR) is 129 cm³/mol. The van der Waals surface area contributed by atoms with Gasteiger partial charge in [-0.2, -0.15) is 0 Å². The zero-order chi connectivity index (χ0) is 25.6. The minimum absolute atomic E-state index is 0.0916. The maximum Gasteiger partial charge on any atom is 0.264 e. The Morgan fingerprint density at radius 1 is 0.829 bits per heavy atom. The summed E-state index contributed by atoms with van der Waals surface area (Å²) in [6.07, 6.45) is 0. The van der Waals surface area contributed by atoms with Crippen LogP contribution >= 0.6 is 0 Å². The molecule has 0 unspecified atom stereocenters. The Balaban J connectivity index is 2.00. The van der Waals surface area contributed by atoms with Gasteiger partial charge in [-0.15, -0.1) is 0 Å². The fraction of sp³-hybridized carbons (Fsp3) is 0.208. The van der Waals surface area contributed by atoms with Gasteiger partial charge in [0.15, 0.2) is 11.5 Å². The van der Waals surface area contributed by atoms with Crippen molar-refractivity contribution in [3.05, 3.63) is 66.5 Å². The minimum atomic E-state index is -4.28. The fourth-order valence-electron chi connectivity index (χ4n) is 3.26. The van der Waals surface area contributed by atoms with Gasteiger partial charge in [0.1, 0.15) is 23.9 Å². The lowest BCUT2D eigenvalue weighted by atomic mass is 10.2. The number of methoxy groups -OCH3 is 4. The lowest BCUT2D eigenvalue weighted by Crippen LogP contribution is -2.38. The summed E-state index contributed by atoms with van der Waals surface area (Å²) in [5, 5.41) is 2.64. The third-order valence-corrected chi connectivity index (χ3v) is 6.80. The number of carbonyl (C=O) groups is 1. The Morgan fingerprint density at radius 2 is 1.46 bits per heavy atom. The van der Waals surface area contributed by atoms with Crippen molar-refractivity contribution < 1.29 is 36.6 Å². The molecule has 0 aromatic heterocycles. The van der Waals surface area contributed by atoms with Crippen LogP contribution in [0.2, 0.25) is 0 Å². The Kier molecular flexibility index (Phi) is 8.02. The van der Waals surface area contributed by atoms with Crippen LogP contribution in [0.25, 0.3) is 0 Å². The molecule has 11 heteroatoms. The normalized spacial score (nSPS) is 10.9. The van der Waals surface area contributed by atoms with Crippen molar-refractivity contribution in [3.8, 4) is 23.0 Å². The lowest BCUT2D eigenvalue weighted by Gasteiger charge is -2.24. The highest BCUT2D eigenvalue weighted by atomic mass is 32.2. The number of ether oxygens (including phenoxy) is 4. The van der Waals surface area contributed by atoms with Gasteiger partial charge in [0.25, 0.3) is 10.0 Å². The van der Waals surface area contributed by atoms with Gasteiger partial charge in [-0.1, -0.05) is 0 Å². The number of benzene rings is 3. The number of amides is 1. The van der Waals surface area contributed by atoms with E-state index in [1.807, 2.05) is 0 Å². The van der Waals surface area contributed by atoms with Gasteiger partial charge < -0.3 is 24.3 Å². The van der Waals surface area contributed by atoms with E-state index < -0.39 is 28.3 Å². The standard InChI is InChI=1S/C24H25FN2O7S/c1-31-18-9-11-21(32-2)20(13-18)26-24(28)15-27(17-7-5-16(25)6-8-17)35(29,30)19-10-12-22(33-3)23(14-19)34-4/h5-14H,15H2,1-4H3,(H,26,28). The molecule has 0 radical (unpaired) electrons. The summed E-state index contributed by atoms with van der Waals surface area (Å²) in [7, 11) is 1.42. The smallest absolute Gasteiger partial charge is 0.264 e. The number of nitrogens with one attached hydrogen (secondary N) is 1. The van der Waals surface area contributed by atoms with Crippen LogP contribution in [0.15, 0.2) is 65.6 Å². The molecule has 0 spiro atoms. The van der Waals surface area contributed by atoms with Crippen molar-refractivity contribution >= 4 is 27.3 Å². The van der Waals surface area contributed by atoms with E-state index in [9.17, 15) is 17.6 Å². The summed E-state index contributed by atoms with van der Waals surface area (Å²) >= 11 is 0. The highest BCUT2D eigenvalue weighted by Gasteiger charge is 2.29. The maximum atomic E-state index is 13.6. The molecule has 0 aliphatic rings. The van der Waals surface area contributed by atoms with E-state index in [1.54, 1.807) is 18.2 Å². The van der Waals surface area contributed by atoms with Crippen LogP contribution < -0.4 is 28.6 Å². The lowest BCUT2D eigenvalue weighted by molar-refractivity contribution is -0.114. The highest BCUT2D eigenvalue weighted by Crippen LogP contribution is 2.33. The first kappa shape index (κ1) is 25.6. The van der Waals surface area contributed by atoms with Gasteiger partial charge >= 0.3 is 0 Å². The predicted octanol–water partition coefficient (Wildman–Crippen LogP) is 3.69. The first-order valence-corrected chi connectivity index (χ1v) is 11.7. The van der Waals surface area contributed by atoms with Crippen LogP contribution in [0.1, 0.15) is 0 Å². The van der Waals surface area contributed by atoms with Crippen molar-refractivity contribution in [2.45, 2.75) is 4.90 Å². The number of halogens is 1. The second-order valence-corrected chi connectivity index (χ2v) is 8.98. The number of carbonyl (C=O) groups excluding carboxylic acids is 1. The second-order valence-electron chi connectivity index (χ2n) is 7.12. The van der Waals surface area contributed by atoms with E-state index in [2.05, 4.69) is 5.32 Å². The molecular formula is C24H25FN2O7S. The molecule has 0 heterocycles. The molecule has 3 rings (SSSR count). The molecule has 35 heavy (non-hydrogen) atoms. The van der Waals surface area contributed by atoms with Gasteiger partial charge in [-0.25, -0.2) is 12.8 Å². The first-order valence-electron chi connectivity index (χ1n) is 10.3. The number of anilines is 2. The average molecular weight is 505 g/mol. The molecule has 1 amide bonds. The number of rotatable bonds is 10. The Bertz CT molecular complexity index is 1300. The van der Waals surface area contributed by atoms with Crippen LogP contribution in [0, 0.1) is 5.82 Å². The van der Waals surface area contributed by atoms with Crippen LogP contribution in [0.5, 0.6) is 23.0 Å². The van der Waals surface area contributed by atoms with E-state index in [0.29, 0.717) is 22.9 Å². The van der Waals surface area contributed by atoms with Gasteiger partial charge in [0.2, 0.25) is 5.91 Å². The van der Waals surface area contributed by atoms with Crippen molar-refractivity contribution in [1.29, 1.82) is 0 Å². The molecule has 3 aromatic rings. The average Bonchev–Trinajstić information content (AvgIpc) is 2.87. The first-order chi connectivity index (χ1) is 16.7. The van der Waals surface area contributed by atoms with Gasteiger partial charge in [-0.3, -0.25) is 9.10 Å². The number of hydrogen-bond donors (Lipinski definition) is 1. The Hall–Kier alpha value is -3.99. The Morgan fingerprint density at radius 3 is 2.06 bits per heavy atom. The van der Waals surface area contributed by atoms with Gasteiger partial charge in [0, 0.05) is 12.1 Å². The zero-order valence-corrected chi connectivity index (χ0v) is 20.4. The summed E-state index contributed by atoms with van der Waals surface area (Å²) in [6.45, 7) is -0.608. The quantitative estimate of drug-likeness (QED) is 0.449. The maximum absolute atomic E-state index is 13.6. The van der Waals surface area contributed by atoms with Crippen molar-refractivity contribution in [3.63, 3.8) is 0 Å². The second kappa shape index (κ2) is 11.0. The third kappa shape index (κ3) is 5.75. The molecule has 3 aromatic carbocycles. The summed E-state index contributed by atoms with van der Waals surface area (Å²) < 4.78 is 62.5. The molecule has 186 valence electrons. The van der Waals surface area contributed by atoms with Crippen LogP contribution in [-0.2, 0) is 14.8 Å². The minimum Gasteiger partial charge on any atom is -0.497 e. The molecule has 0 saturated heterocycles. The molecular weight excluding hydrogens is 479 g/mol. The summed E-state index contributed by atoms with van der Waals surface area (Å²) in [4.78, 5) is 12.9. The molecule has 0 saturated carbocycles. The van der Waals surface area contributed by atoms with E-state index in [-0.39, 0.29) is 16.3 Å². The third-order valence-electron chi connectivity index (χ3n) is 5.03. The number of sulfonamides is 1. The Labute approximate surface area is 203 Å². The largest absolute Gasteiger partial charge is 0.497 e. The van der Waals surface area contributed by atoms with Gasteiger partial charge in [0.05, 0.1) is 44.7 Å². The van der Waals surface area contributed by atoms with Crippen LogP contribution in [0.4, 0.5) is 15.8 Å². The summed E-state index contributed by atoms with van der Waals surface area (Å²) in [5.74, 6) is 0.137. The van der Waals surface area contributed by atoms with E-state index in [1.165, 1.54) is 58.8 Å². The number of hydrogen-bond acceptors (Lipinski definition) is 7. The zero-order valence-electron chi connectivity index (χ0n) is 19.6. The van der Waals surface area contributed by atoms with E-state index >= 15 is 0 Å². The molecule has 0 fully saturated rings. The van der Waals surface area contributed by atoms with E-state index in [4.69, 9.17) is 18.9 Å². The molecule has 9 nitrogen and oxygen atoms in total.